The van der Waals surface area contributed by atoms with Gasteiger partial charge in [-0.05, 0) is 30.7 Å². The van der Waals surface area contributed by atoms with E-state index >= 15 is 0 Å². The number of hydrogen-bond acceptors (Lipinski definition) is 2. The maximum Gasteiger partial charge on any atom is 0.315 e. The molecule has 24 heavy (non-hydrogen) atoms. The smallest absolute Gasteiger partial charge is 0.315 e. The van der Waals surface area contributed by atoms with Crippen LogP contribution in [-0.2, 0) is 15.0 Å². The van der Waals surface area contributed by atoms with E-state index in [4.69, 9.17) is 0 Å². The van der Waals surface area contributed by atoms with Crippen molar-refractivity contribution in [1.82, 2.24) is 5.32 Å². The molecule has 3 atom stereocenters. The fourth-order valence-corrected chi connectivity index (χ4v) is 4.10. The summed E-state index contributed by atoms with van der Waals surface area (Å²) < 4.78 is 0. The van der Waals surface area contributed by atoms with Crippen LogP contribution in [0.4, 0.5) is 0 Å². The third kappa shape index (κ3) is 3.47. The number of carbonyl (C=O) groups is 2. The standard InChI is InChI=1S/C20H27NO3/c1-20(19(23)24,15-10-6-3-7-11-15)13-21-18(22)17-12-16(17)14-8-4-2-5-9-14/h3,6-7,10-11,14,16-17H,2,4-5,8-9,12-13H2,1H3,(H,21,22)(H,23,24). The monoisotopic (exact) mass is 329 g/mol. The average Bonchev–Trinajstić information content (AvgIpc) is 3.41. The molecule has 2 saturated carbocycles. The van der Waals surface area contributed by atoms with E-state index in [1.54, 1.807) is 6.92 Å². The van der Waals surface area contributed by atoms with Gasteiger partial charge in [-0.15, -0.1) is 0 Å². The molecule has 0 bridgehead atoms. The molecule has 0 radical (unpaired) electrons. The van der Waals surface area contributed by atoms with Crippen molar-refractivity contribution in [1.29, 1.82) is 0 Å². The minimum Gasteiger partial charge on any atom is -0.481 e. The van der Waals surface area contributed by atoms with Crippen molar-refractivity contribution in [2.45, 2.75) is 50.9 Å². The molecular weight excluding hydrogens is 302 g/mol. The van der Waals surface area contributed by atoms with Crippen molar-refractivity contribution in [2.75, 3.05) is 6.54 Å². The van der Waals surface area contributed by atoms with Crippen LogP contribution in [0.3, 0.4) is 0 Å². The van der Waals surface area contributed by atoms with Gasteiger partial charge in [-0.25, -0.2) is 0 Å². The van der Waals surface area contributed by atoms with Crippen LogP contribution in [0.15, 0.2) is 30.3 Å². The van der Waals surface area contributed by atoms with E-state index < -0.39 is 11.4 Å². The summed E-state index contributed by atoms with van der Waals surface area (Å²) in [7, 11) is 0. The first-order valence-electron chi connectivity index (χ1n) is 9.09. The molecule has 1 aromatic rings. The zero-order valence-corrected chi connectivity index (χ0v) is 14.3. The molecule has 130 valence electrons. The van der Waals surface area contributed by atoms with Crippen LogP contribution in [0.1, 0.15) is 51.0 Å². The summed E-state index contributed by atoms with van der Waals surface area (Å²) >= 11 is 0. The van der Waals surface area contributed by atoms with Crippen molar-refractivity contribution >= 4 is 11.9 Å². The molecule has 2 aliphatic rings. The van der Waals surface area contributed by atoms with E-state index in [0.29, 0.717) is 11.8 Å². The number of rotatable bonds is 6. The molecule has 4 nitrogen and oxygen atoms in total. The van der Waals surface area contributed by atoms with E-state index in [0.717, 1.165) is 12.0 Å². The highest BCUT2D eigenvalue weighted by atomic mass is 16.4. The number of carboxylic acids is 1. The minimum absolute atomic E-state index is 0.0361. The van der Waals surface area contributed by atoms with Crippen LogP contribution < -0.4 is 5.32 Å². The molecule has 0 heterocycles. The van der Waals surface area contributed by atoms with E-state index in [1.807, 2.05) is 30.3 Å². The minimum atomic E-state index is -1.09. The first kappa shape index (κ1) is 17.0. The fourth-order valence-electron chi connectivity index (χ4n) is 4.10. The van der Waals surface area contributed by atoms with Gasteiger partial charge in [-0.3, -0.25) is 9.59 Å². The third-order valence-electron chi connectivity index (χ3n) is 5.93. The molecule has 2 fully saturated rings. The van der Waals surface area contributed by atoms with Crippen LogP contribution in [0.2, 0.25) is 0 Å². The Bertz CT molecular complexity index is 594. The molecule has 0 saturated heterocycles. The second-order valence-electron chi connectivity index (χ2n) is 7.63. The molecule has 4 heteroatoms. The van der Waals surface area contributed by atoms with Gasteiger partial charge < -0.3 is 10.4 Å². The summed E-state index contributed by atoms with van der Waals surface area (Å²) in [6, 6.07) is 9.14. The van der Waals surface area contributed by atoms with Gasteiger partial charge in [0.2, 0.25) is 5.91 Å². The third-order valence-corrected chi connectivity index (χ3v) is 5.93. The highest BCUT2D eigenvalue weighted by molar-refractivity contribution is 5.85. The first-order chi connectivity index (χ1) is 11.5. The number of nitrogens with one attached hydrogen (secondary N) is 1. The molecule has 0 aliphatic heterocycles. The number of aliphatic carboxylic acids is 1. The van der Waals surface area contributed by atoms with E-state index in [9.17, 15) is 14.7 Å². The highest BCUT2D eigenvalue weighted by Gasteiger charge is 2.48. The molecule has 1 amide bonds. The molecule has 0 spiro atoms. The van der Waals surface area contributed by atoms with Gasteiger partial charge in [0.1, 0.15) is 5.41 Å². The number of benzene rings is 1. The topological polar surface area (TPSA) is 66.4 Å². The van der Waals surface area contributed by atoms with E-state index in [1.165, 1.54) is 32.1 Å². The second kappa shape index (κ2) is 6.96. The molecule has 3 rings (SSSR count). The fraction of sp³-hybridized carbons (Fsp3) is 0.600. The Kier molecular flexibility index (Phi) is 4.93. The largest absolute Gasteiger partial charge is 0.481 e. The maximum absolute atomic E-state index is 12.5. The molecule has 2 aliphatic carbocycles. The van der Waals surface area contributed by atoms with Crippen LogP contribution >= 0.6 is 0 Å². The summed E-state index contributed by atoms with van der Waals surface area (Å²) in [5.74, 6) is 0.456. The molecule has 2 N–H and O–H groups in total. The summed E-state index contributed by atoms with van der Waals surface area (Å²) in [6.45, 7) is 1.82. The van der Waals surface area contributed by atoms with Crippen molar-refractivity contribution in [3.63, 3.8) is 0 Å². The van der Waals surface area contributed by atoms with Gasteiger partial charge in [0.15, 0.2) is 0 Å². The summed E-state index contributed by atoms with van der Waals surface area (Å²) in [6.07, 6.45) is 7.40. The Morgan fingerprint density at radius 2 is 1.83 bits per heavy atom. The van der Waals surface area contributed by atoms with E-state index in [2.05, 4.69) is 5.32 Å². The lowest BCUT2D eigenvalue weighted by Gasteiger charge is -2.26. The van der Waals surface area contributed by atoms with Crippen LogP contribution in [-0.4, -0.2) is 23.5 Å². The van der Waals surface area contributed by atoms with Crippen molar-refractivity contribution in [2.24, 2.45) is 17.8 Å². The first-order valence-corrected chi connectivity index (χ1v) is 9.09. The predicted molar refractivity (Wildman–Crippen MR) is 92.6 cm³/mol. The van der Waals surface area contributed by atoms with Gasteiger partial charge in [-0.2, -0.15) is 0 Å². The lowest BCUT2D eigenvalue weighted by Crippen LogP contribution is -2.45. The Morgan fingerprint density at radius 3 is 2.46 bits per heavy atom. The van der Waals surface area contributed by atoms with Crippen molar-refractivity contribution in [3.05, 3.63) is 35.9 Å². The Morgan fingerprint density at radius 1 is 1.17 bits per heavy atom. The zero-order valence-electron chi connectivity index (χ0n) is 14.3. The van der Waals surface area contributed by atoms with Gasteiger partial charge in [0.05, 0.1) is 0 Å². The molecular formula is C20H27NO3. The van der Waals surface area contributed by atoms with Gasteiger partial charge in [0.25, 0.3) is 0 Å². The van der Waals surface area contributed by atoms with Crippen LogP contribution in [0.25, 0.3) is 0 Å². The number of carboxylic acid groups (broad SMARTS) is 1. The average molecular weight is 329 g/mol. The lowest BCUT2D eigenvalue weighted by molar-refractivity contribution is -0.143. The Labute approximate surface area is 143 Å². The zero-order chi connectivity index (χ0) is 17.2. The van der Waals surface area contributed by atoms with Gasteiger partial charge in [0, 0.05) is 12.5 Å². The van der Waals surface area contributed by atoms with Crippen molar-refractivity contribution in [3.8, 4) is 0 Å². The Hall–Kier alpha value is -1.84. The normalized spacial score (nSPS) is 26.4. The molecule has 0 aromatic heterocycles. The van der Waals surface area contributed by atoms with Gasteiger partial charge in [-0.1, -0.05) is 62.4 Å². The summed E-state index contributed by atoms with van der Waals surface area (Å²) in [5, 5.41) is 12.6. The maximum atomic E-state index is 12.5. The number of hydrogen-bond donors (Lipinski definition) is 2. The summed E-state index contributed by atoms with van der Waals surface area (Å²) in [4.78, 5) is 24.2. The van der Waals surface area contributed by atoms with Crippen molar-refractivity contribution < 1.29 is 14.7 Å². The SMILES string of the molecule is CC(CNC(=O)C1CC1C1CCCCC1)(C(=O)O)c1ccccc1. The highest BCUT2D eigenvalue weighted by Crippen LogP contribution is 2.49. The summed E-state index contributed by atoms with van der Waals surface area (Å²) in [5.41, 5.74) is -0.371. The molecule has 1 aromatic carbocycles. The van der Waals surface area contributed by atoms with Crippen LogP contribution in [0.5, 0.6) is 0 Å². The van der Waals surface area contributed by atoms with Gasteiger partial charge >= 0.3 is 5.97 Å². The second-order valence-corrected chi connectivity index (χ2v) is 7.63. The lowest BCUT2D eigenvalue weighted by atomic mass is 9.82. The van der Waals surface area contributed by atoms with Crippen LogP contribution in [0, 0.1) is 17.8 Å². The quantitative estimate of drug-likeness (QED) is 0.841. The predicted octanol–water partition coefficient (Wildman–Crippen LogP) is 3.36. The number of amides is 1. The number of carbonyl (C=O) groups excluding carboxylic acids is 1. The Balaban J connectivity index is 1.58. The molecule has 3 unspecified atom stereocenters. The van der Waals surface area contributed by atoms with E-state index in [-0.39, 0.29) is 18.4 Å².